The molecule has 7 nitrogen and oxygen atoms in total. The van der Waals surface area contributed by atoms with E-state index >= 15 is 0 Å². The molecule has 1 aliphatic carbocycles. The fourth-order valence-corrected chi connectivity index (χ4v) is 3.88. The van der Waals surface area contributed by atoms with Crippen LogP contribution in [0.2, 0.25) is 0 Å². The minimum absolute atomic E-state index is 0.313. The summed E-state index contributed by atoms with van der Waals surface area (Å²) in [5.74, 6) is 2.44. The molecule has 1 aliphatic heterocycles. The van der Waals surface area contributed by atoms with Crippen LogP contribution in [0.4, 0.5) is 0 Å². The first-order valence-electron chi connectivity index (χ1n) is 10.8. The maximum atomic E-state index is 12.3. The topological polar surface area (TPSA) is 69.2 Å². The standard InChI is InChI=1S/C22H35N5O2/c1-23-22(24-11-10-18-6-3-4-9-20(18)29-2)25-12-13-26-14-16-27(17-15-26)21(28)19-7-5-8-19/h3-4,6,9,19H,5,7-8,10-17H2,1-2H3,(H2,23,24,25). The Balaban J connectivity index is 1.30. The highest BCUT2D eigenvalue weighted by Crippen LogP contribution is 2.28. The van der Waals surface area contributed by atoms with Gasteiger partial charge in [0.05, 0.1) is 7.11 Å². The summed E-state index contributed by atoms with van der Waals surface area (Å²) in [7, 11) is 3.50. The summed E-state index contributed by atoms with van der Waals surface area (Å²) in [6.07, 6.45) is 4.27. The molecule has 3 rings (SSSR count). The molecule has 0 atom stereocenters. The van der Waals surface area contributed by atoms with E-state index in [4.69, 9.17) is 4.74 Å². The third-order valence-corrected chi connectivity index (χ3v) is 5.96. The number of rotatable bonds is 8. The first-order chi connectivity index (χ1) is 14.2. The van der Waals surface area contributed by atoms with Gasteiger partial charge in [-0.3, -0.25) is 14.7 Å². The molecule has 1 heterocycles. The van der Waals surface area contributed by atoms with E-state index in [0.717, 1.165) is 76.8 Å². The number of amides is 1. The van der Waals surface area contributed by atoms with Crippen molar-refractivity contribution in [3.05, 3.63) is 29.8 Å². The van der Waals surface area contributed by atoms with Crippen molar-refractivity contribution in [3.63, 3.8) is 0 Å². The average Bonchev–Trinajstić information content (AvgIpc) is 2.72. The number of nitrogens with zero attached hydrogens (tertiary/aromatic N) is 3. The van der Waals surface area contributed by atoms with Crippen LogP contribution in [0, 0.1) is 5.92 Å². The SMILES string of the molecule is CN=C(NCCc1ccccc1OC)NCCN1CCN(C(=O)C2CCC2)CC1. The normalized spacial score (nSPS) is 18.3. The van der Waals surface area contributed by atoms with Gasteiger partial charge in [-0.1, -0.05) is 24.6 Å². The smallest absolute Gasteiger partial charge is 0.225 e. The molecule has 1 amide bonds. The van der Waals surface area contributed by atoms with Gasteiger partial charge in [-0.25, -0.2) is 0 Å². The van der Waals surface area contributed by atoms with Crippen molar-refractivity contribution in [2.45, 2.75) is 25.7 Å². The molecule has 2 fully saturated rings. The van der Waals surface area contributed by atoms with Crippen molar-refractivity contribution >= 4 is 11.9 Å². The maximum absolute atomic E-state index is 12.3. The summed E-state index contributed by atoms with van der Waals surface area (Å²) >= 11 is 0. The molecule has 0 aromatic heterocycles. The van der Waals surface area contributed by atoms with Crippen LogP contribution < -0.4 is 15.4 Å². The Morgan fingerprint density at radius 3 is 2.52 bits per heavy atom. The lowest BCUT2D eigenvalue weighted by Gasteiger charge is -2.38. The molecule has 0 bridgehead atoms. The van der Waals surface area contributed by atoms with Crippen molar-refractivity contribution in [2.24, 2.45) is 10.9 Å². The summed E-state index contributed by atoms with van der Waals surface area (Å²) in [5, 5.41) is 6.75. The van der Waals surface area contributed by atoms with E-state index in [0.29, 0.717) is 11.8 Å². The molecule has 1 aromatic rings. The van der Waals surface area contributed by atoms with Gasteiger partial charge < -0.3 is 20.3 Å². The summed E-state index contributed by atoms with van der Waals surface area (Å²) < 4.78 is 5.40. The number of nitrogens with one attached hydrogen (secondary N) is 2. The fourth-order valence-electron chi connectivity index (χ4n) is 3.88. The average molecular weight is 402 g/mol. The van der Waals surface area contributed by atoms with Crippen molar-refractivity contribution in [3.8, 4) is 5.75 Å². The minimum atomic E-state index is 0.313. The van der Waals surface area contributed by atoms with Gasteiger partial charge in [0, 0.05) is 58.8 Å². The lowest BCUT2D eigenvalue weighted by atomic mass is 9.84. The fraction of sp³-hybridized carbons (Fsp3) is 0.636. The van der Waals surface area contributed by atoms with Crippen LogP contribution in [0.3, 0.4) is 0 Å². The molecule has 0 spiro atoms. The lowest BCUT2D eigenvalue weighted by molar-refractivity contribution is -0.139. The second kappa shape index (κ2) is 11.0. The van der Waals surface area contributed by atoms with Crippen LogP contribution in [0.1, 0.15) is 24.8 Å². The Hall–Kier alpha value is -2.28. The zero-order valence-corrected chi connectivity index (χ0v) is 17.8. The number of aliphatic imine (C=N–C) groups is 1. The van der Waals surface area contributed by atoms with Crippen LogP contribution in [-0.2, 0) is 11.2 Å². The molecular formula is C22H35N5O2. The number of guanidine groups is 1. The van der Waals surface area contributed by atoms with E-state index in [9.17, 15) is 4.79 Å². The van der Waals surface area contributed by atoms with Gasteiger partial charge in [-0.2, -0.15) is 0 Å². The number of para-hydroxylation sites is 1. The van der Waals surface area contributed by atoms with E-state index in [1.165, 1.54) is 12.0 Å². The van der Waals surface area contributed by atoms with E-state index in [1.807, 2.05) is 18.2 Å². The number of carbonyl (C=O) groups excluding carboxylic acids is 1. The number of hydrogen-bond acceptors (Lipinski definition) is 4. The van der Waals surface area contributed by atoms with Crippen LogP contribution in [0.15, 0.2) is 29.3 Å². The van der Waals surface area contributed by atoms with Crippen LogP contribution in [0.5, 0.6) is 5.75 Å². The predicted octanol–water partition coefficient (Wildman–Crippen LogP) is 1.35. The molecule has 160 valence electrons. The van der Waals surface area contributed by atoms with Gasteiger partial charge in [-0.15, -0.1) is 0 Å². The Labute approximate surface area is 174 Å². The Morgan fingerprint density at radius 1 is 1.14 bits per heavy atom. The van der Waals surface area contributed by atoms with Crippen molar-refractivity contribution in [1.29, 1.82) is 0 Å². The summed E-state index contributed by atoms with van der Waals surface area (Å²) in [6, 6.07) is 8.09. The number of piperazine rings is 1. The predicted molar refractivity (Wildman–Crippen MR) is 116 cm³/mol. The third kappa shape index (κ3) is 6.10. The highest BCUT2D eigenvalue weighted by molar-refractivity contribution is 5.80. The molecule has 1 aromatic carbocycles. The monoisotopic (exact) mass is 401 g/mol. The van der Waals surface area contributed by atoms with Gasteiger partial charge in [-0.05, 0) is 30.9 Å². The summed E-state index contributed by atoms with van der Waals surface area (Å²) in [4.78, 5) is 21.1. The van der Waals surface area contributed by atoms with E-state index < -0.39 is 0 Å². The Morgan fingerprint density at radius 2 is 1.86 bits per heavy atom. The summed E-state index contributed by atoms with van der Waals surface area (Å²) in [6.45, 7) is 6.23. The molecule has 2 N–H and O–H groups in total. The molecule has 29 heavy (non-hydrogen) atoms. The van der Waals surface area contributed by atoms with Gasteiger partial charge in [0.15, 0.2) is 5.96 Å². The van der Waals surface area contributed by atoms with Gasteiger partial charge in [0.1, 0.15) is 5.75 Å². The van der Waals surface area contributed by atoms with Gasteiger partial charge in [0.2, 0.25) is 5.91 Å². The molecule has 7 heteroatoms. The molecule has 0 radical (unpaired) electrons. The lowest BCUT2D eigenvalue weighted by Crippen LogP contribution is -2.52. The number of hydrogen-bond donors (Lipinski definition) is 2. The van der Waals surface area contributed by atoms with Crippen LogP contribution >= 0.6 is 0 Å². The van der Waals surface area contributed by atoms with Crippen molar-refractivity contribution < 1.29 is 9.53 Å². The van der Waals surface area contributed by atoms with Gasteiger partial charge >= 0.3 is 0 Å². The zero-order valence-electron chi connectivity index (χ0n) is 17.8. The number of ether oxygens (including phenoxy) is 1. The summed E-state index contributed by atoms with van der Waals surface area (Å²) in [5.41, 5.74) is 1.19. The zero-order chi connectivity index (χ0) is 20.5. The first kappa shape index (κ1) is 21.4. The number of methoxy groups -OCH3 is 1. The Kier molecular flexibility index (Phi) is 8.16. The van der Waals surface area contributed by atoms with E-state index in [-0.39, 0.29) is 0 Å². The quantitative estimate of drug-likeness (QED) is 0.508. The van der Waals surface area contributed by atoms with Crippen molar-refractivity contribution in [1.82, 2.24) is 20.4 Å². The number of benzene rings is 1. The molecule has 2 aliphatic rings. The number of carbonyl (C=O) groups is 1. The van der Waals surface area contributed by atoms with E-state index in [2.05, 4.69) is 31.5 Å². The largest absolute Gasteiger partial charge is 0.496 e. The third-order valence-electron chi connectivity index (χ3n) is 5.96. The second-order valence-corrected chi connectivity index (χ2v) is 7.78. The van der Waals surface area contributed by atoms with Crippen LogP contribution in [-0.4, -0.2) is 81.6 Å². The Bertz CT molecular complexity index is 682. The second-order valence-electron chi connectivity index (χ2n) is 7.78. The molecule has 1 saturated carbocycles. The first-order valence-corrected chi connectivity index (χ1v) is 10.8. The molecule has 0 unspecified atom stereocenters. The molecule has 1 saturated heterocycles. The maximum Gasteiger partial charge on any atom is 0.225 e. The highest BCUT2D eigenvalue weighted by Gasteiger charge is 2.30. The van der Waals surface area contributed by atoms with Crippen LogP contribution in [0.25, 0.3) is 0 Å². The van der Waals surface area contributed by atoms with Gasteiger partial charge in [0.25, 0.3) is 0 Å². The highest BCUT2D eigenvalue weighted by atomic mass is 16.5. The molecular weight excluding hydrogens is 366 g/mol. The minimum Gasteiger partial charge on any atom is -0.496 e. The van der Waals surface area contributed by atoms with E-state index in [1.54, 1.807) is 14.2 Å². The van der Waals surface area contributed by atoms with Crippen molar-refractivity contribution in [2.75, 3.05) is 60.0 Å².